The van der Waals surface area contributed by atoms with Gasteiger partial charge in [-0.2, -0.15) is 0 Å². The fraction of sp³-hybridized carbons (Fsp3) is 0.462. The summed E-state index contributed by atoms with van der Waals surface area (Å²) in [7, 11) is 0. The molecule has 88 valence electrons. The fourth-order valence-electron chi connectivity index (χ4n) is 1.13. The summed E-state index contributed by atoms with van der Waals surface area (Å²) in [4.78, 5) is 11.8. The first-order chi connectivity index (χ1) is 7.46. The van der Waals surface area contributed by atoms with Crippen LogP contribution in [0.3, 0.4) is 0 Å². The van der Waals surface area contributed by atoms with Gasteiger partial charge in [0.25, 0.3) is 0 Å². The lowest BCUT2D eigenvalue weighted by molar-refractivity contribution is -0.0122. The van der Waals surface area contributed by atoms with Gasteiger partial charge in [0, 0.05) is 5.56 Å². The van der Waals surface area contributed by atoms with Crippen molar-refractivity contribution in [2.24, 2.45) is 0 Å². The van der Waals surface area contributed by atoms with Gasteiger partial charge in [0.05, 0.1) is 10.6 Å². The minimum Gasteiger partial charge on any atom is -0.367 e. The molecule has 0 spiro atoms. The van der Waals surface area contributed by atoms with Crippen molar-refractivity contribution < 1.29 is 9.53 Å². The maximum atomic E-state index is 11.8. The molecule has 3 heteroatoms. The molecule has 1 aromatic rings. The van der Waals surface area contributed by atoms with Crippen LogP contribution in [0.4, 0.5) is 0 Å². The van der Waals surface area contributed by atoms with E-state index in [1.54, 1.807) is 24.3 Å². The summed E-state index contributed by atoms with van der Waals surface area (Å²) in [5, 5.41) is 0.477. The van der Waals surface area contributed by atoms with Crippen molar-refractivity contribution in [2.45, 2.75) is 32.8 Å². The van der Waals surface area contributed by atoms with Crippen molar-refractivity contribution in [3.05, 3.63) is 34.9 Å². The molecular weight excluding hydrogens is 224 g/mol. The minimum atomic E-state index is -0.267. The van der Waals surface area contributed by atoms with Gasteiger partial charge >= 0.3 is 0 Å². The molecule has 0 heterocycles. The van der Waals surface area contributed by atoms with Gasteiger partial charge in [-0.05, 0) is 32.4 Å². The van der Waals surface area contributed by atoms with Gasteiger partial charge in [0.1, 0.15) is 6.61 Å². The second-order valence-corrected chi connectivity index (χ2v) is 4.71. The third-order valence-electron chi connectivity index (χ3n) is 2.62. The number of hydrogen-bond donors (Lipinski definition) is 0. The maximum Gasteiger partial charge on any atom is 0.189 e. The summed E-state index contributed by atoms with van der Waals surface area (Å²) in [6.07, 6.45) is 0.864. The highest BCUT2D eigenvalue weighted by Gasteiger charge is 2.18. The molecule has 0 unspecified atom stereocenters. The Kier molecular flexibility index (Phi) is 4.51. The minimum absolute atomic E-state index is 0.0740. The van der Waals surface area contributed by atoms with E-state index in [0.717, 1.165) is 6.42 Å². The molecule has 0 aliphatic heterocycles. The molecule has 0 bridgehead atoms. The number of ether oxygens (including phenoxy) is 1. The molecule has 1 rings (SSSR count). The average Bonchev–Trinajstić information content (AvgIpc) is 2.27. The van der Waals surface area contributed by atoms with Crippen molar-refractivity contribution >= 4 is 17.4 Å². The molecule has 1 aromatic carbocycles. The van der Waals surface area contributed by atoms with E-state index in [2.05, 4.69) is 0 Å². The highest BCUT2D eigenvalue weighted by atomic mass is 35.5. The lowest BCUT2D eigenvalue weighted by atomic mass is 10.1. The number of carbonyl (C=O) groups is 1. The van der Waals surface area contributed by atoms with Crippen LogP contribution in [0.15, 0.2) is 24.3 Å². The van der Waals surface area contributed by atoms with Crippen LogP contribution in [0.5, 0.6) is 0 Å². The number of hydrogen-bond acceptors (Lipinski definition) is 2. The number of halogens is 1. The zero-order chi connectivity index (χ0) is 12.2. The van der Waals surface area contributed by atoms with E-state index in [4.69, 9.17) is 16.3 Å². The molecule has 0 N–H and O–H groups in total. The fourth-order valence-corrected chi connectivity index (χ4v) is 1.37. The number of carbonyl (C=O) groups excluding carboxylic acids is 1. The zero-order valence-electron chi connectivity index (χ0n) is 9.92. The van der Waals surface area contributed by atoms with E-state index in [-0.39, 0.29) is 18.0 Å². The lowest BCUT2D eigenvalue weighted by Gasteiger charge is -2.22. The van der Waals surface area contributed by atoms with Gasteiger partial charge in [-0.3, -0.25) is 4.79 Å². The van der Waals surface area contributed by atoms with Crippen LogP contribution in [0.1, 0.15) is 37.6 Å². The Morgan fingerprint density at radius 2 is 2.00 bits per heavy atom. The number of rotatable bonds is 5. The Hall–Kier alpha value is -0.860. The Bertz CT molecular complexity index is 372. The van der Waals surface area contributed by atoms with Crippen LogP contribution in [0.2, 0.25) is 5.02 Å². The lowest BCUT2D eigenvalue weighted by Crippen LogP contribution is -2.26. The van der Waals surface area contributed by atoms with E-state index in [9.17, 15) is 4.79 Å². The summed E-state index contributed by atoms with van der Waals surface area (Å²) in [6, 6.07) is 7.02. The molecular formula is C13H17ClO2. The van der Waals surface area contributed by atoms with Crippen molar-refractivity contribution in [3.63, 3.8) is 0 Å². The van der Waals surface area contributed by atoms with E-state index in [1.165, 1.54) is 0 Å². The quantitative estimate of drug-likeness (QED) is 0.733. The molecule has 0 aromatic heterocycles. The van der Waals surface area contributed by atoms with Gasteiger partial charge in [0.2, 0.25) is 0 Å². The molecule has 0 fully saturated rings. The third-order valence-corrected chi connectivity index (χ3v) is 2.95. The third kappa shape index (κ3) is 3.62. The van der Waals surface area contributed by atoms with E-state index in [0.29, 0.717) is 10.6 Å². The first kappa shape index (κ1) is 13.2. The Balaban J connectivity index is 2.64. The molecule has 0 amide bonds. The van der Waals surface area contributed by atoms with Gasteiger partial charge in [0.15, 0.2) is 5.78 Å². The van der Waals surface area contributed by atoms with Crippen molar-refractivity contribution in [1.82, 2.24) is 0 Å². The van der Waals surface area contributed by atoms with Crippen LogP contribution in [-0.4, -0.2) is 18.0 Å². The summed E-state index contributed by atoms with van der Waals surface area (Å²) in [5.41, 5.74) is 0.257. The normalized spacial score (nSPS) is 11.5. The largest absolute Gasteiger partial charge is 0.367 e. The second kappa shape index (κ2) is 5.46. The first-order valence-corrected chi connectivity index (χ1v) is 5.76. The SMILES string of the molecule is CCC(C)(C)OCC(=O)c1ccccc1Cl. The molecule has 0 aliphatic rings. The Morgan fingerprint density at radius 3 is 2.56 bits per heavy atom. The highest BCUT2D eigenvalue weighted by molar-refractivity contribution is 6.34. The Labute approximate surface area is 102 Å². The maximum absolute atomic E-state index is 11.8. The van der Waals surface area contributed by atoms with Crippen molar-refractivity contribution in [2.75, 3.05) is 6.61 Å². The van der Waals surface area contributed by atoms with Gasteiger partial charge in [-0.15, -0.1) is 0 Å². The van der Waals surface area contributed by atoms with Gasteiger partial charge in [-0.25, -0.2) is 0 Å². The molecule has 0 atom stereocenters. The topological polar surface area (TPSA) is 26.3 Å². The number of benzene rings is 1. The number of ketones is 1. The second-order valence-electron chi connectivity index (χ2n) is 4.30. The van der Waals surface area contributed by atoms with Crippen LogP contribution < -0.4 is 0 Å². The Morgan fingerprint density at radius 1 is 1.38 bits per heavy atom. The predicted octanol–water partition coefficient (Wildman–Crippen LogP) is 3.73. The average molecular weight is 241 g/mol. The van der Waals surface area contributed by atoms with Gasteiger partial charge < -0.3 is 4.74 Å². The predicted molar refractivity (Wildman–Crippen MR) is 66.1 cm³/mol. The molecule has 0 aliphatic carbocycles. The summed E-state index contributed by atoms with van der Waals surface area (Å²) in [6.45, 7) is 6.03. The summed E-state index contributed by atoms with van der Waals surface area (Å²) >= 11 is 5.93. The standard InChI is InChI=1S/C13H17ClO2/c1-4-13(2,3)16-9-12(15)10-7-5-6-8-11(10)14/h5-8H,4,9H2,1-3H3. The molecule has 2 nitrogen and oxygen atoms in total. The molecule has 0 saturated carbocycles. The first-order valence-electron chi connectivity index (χ1n) is 5.38. The zero-order valence-corrected chi connectivity index (χ0v) is 10.7. The molecule has 0 saturated heterocycles. The van der Waals surface area contributed by atoms with Crippen molar-refractivity contribution in [3.8, 4) is 0 Å². The smallest absolute Gasteiger partial charge is 0.189 e. The number of Topliss-reactive ketones (excluding diaryl/α,β-unsaturated/α-hetero) is 1. The van der Waals surface area contributed by atoms with Crippen LogP contribution in [0.25, 0.3) is 0 Å². The summed E-state index contributed by atoms with van der Waals surface area (Å²) < 4.78 is 5.54. The highest BCUT2D eigenvalue weighted by Crippen LogP contribution is 2.18. The summed E-state index contributed by atoms with van der Waals surface area (Å²) in [5.74, 6) is -0.0767. The monoisotopic (exact) mass is 240 g/mol. The van der Waals surface area contributed by atoms with Crippen LogP contribution in [0, 0.1) is 0 Å². The van der Waals surface area contributed by atoms with E-state index in [1.807, 2.05) is 20.8 Å². The van der Waals surface area contributed by atoms with Crippen LogP contribution >= 0.6 is 11.6 Å². The molecule has 16 heavy (non-hydrogen) atoms. The van der Waals surface area contributed by atoms with E-state index >= 15 is 0 Å². The van der Waals surface area contributed by atoms with Gasteiger partial charge in [-0.1, -0.05) is 30.7 Å². The van der Waals surface area contributed by atoms with Crippen LogP contribution in [-0.2, 0) is 4.74 Å². The van der Waals surface area contributed by atoms with E-state index < -0.39 is 0 Å². The molecule has 0 radical (unpaired) electrons. The van der Waals surface area contributed by atoms with Crippen molar-refractivity contribution in [1.29, 1.82) is 0 Å².